The molecule has 5 rings (SSSR count). The van der Waals surface area contributed by atoms with Crippen LogP contribution in [-0.2, 0) is 27.4 Å². The maximum absolute atomic E-state index is 12.3. The number of ether oxygens (including phenoxy) is 2. The van der Waals surface area contributed by atoms with E-state index in [1.54, 1.807) is 0 Å². The highest BCUT2D eigenvalue weighted by atomic mass is 35.5. The Labute approximate surface area is 203 Å². The number of fused-ring (bicyclic) bond motifs is 1. The van der Waals surface area contributed by atoms with Crippen molar-refractivity contribution in [2.75, 3.05) is 70.6 Å². The van der Waals surface area contributed by atoms with Crippen molar-refractivity contribution in [2.45, 2.75) is 38.4 Å². The van der Waals surface area contributed by atoms with Gasteiger partial charge in [0.15, 0.2) is 17.0 Å². The number of nitrogens with zero attached hydrogens (tertiary/aromatic N) is 7. The first-order valence-corrected chi connectivity index (χ1v) is 12.4. The molecule has 3 aliphatic heterocycles. The Morgan fingerprint density at radius 3 is 2.26 bits per heavy atom. The second kappa shape index (κ2) is 9.90. The molecule has 12 heteroatoms. The summed E-state index contributed by atoms with van der Waals surface area (Å²) in [6.07, 6.45) is 1.17. The summed E-state index contributed by atoms with van der Waals surface area (Å²) >= 11 is 6.31. The molecule has 34 heavy (non-hydrogen) atoms. The largest absolute Gasteiger partial charge is 0.480 e. The molecule has 1 N–H and O–H groups in total. The number of carbonyl (C=O) groups is 1. The summed E-state index contributed by atoms with van der Waals surface area (Å²) < 4.78 is 13.0. The van der Waals surface area contributed by atoms with Gasteiger partial charge in [0.2, 0.25) is 5.28 Å². The summed E-state index contributed by atoms with van der Waals surface area (Å²) in [4.78, 5) is 32.8. The average Bonchev–Trinajstić information content (AvgIpc) is 3.21. The van der Waals surface area contributed by atoms with Crippen LogP contribution in [0.5, 0.6) is 0 Å². The van der Waals surface area contributed by atoms with E-state index in [0.29, 0.717) is 78.5 Å². The Kier molecular flexibility index (Phi) is 6.90. The third kappa shape index (κ3) is 4.35. The van der Waals surface area contributed by atoms with Gasteiger partial charge in [-0.25, -0.2) is 4.98 Å². The number of aromatic nitrogens is 4. The van der Waals surface area contributed by atoms with Crippen molar-refractivity contribution in [3.05, 3.63) is 11.1 Å². The highest BCUT2D eigenvalue weighted by molar-refractivity contribution is 6.28. The van der Waals surface area contributed by atoms with Gasteiger partial charge in [-0.3, -0.25) is 14.6 Å². The first-order valence-electron chi connectivity index (χ1n) is 12.1. The van der Waals surface area contributed by atoms with Gasteiger partial charge in [0.1, 0.15) is 11.4 Å². The maximum Gasteiger partial charge on any atom is 0.324 e. The number of piperidine rings is 1. The normalized spacial score (nSPS) is 22.4. The van der Waals surface area contributed by atoms with Crippen LogP contribution in [0.1, 0.15) is 25.6 Å². The number of halogens is 1. The van der Waals surface area contributed by atoms with Gasteiger partial charge < -0.3 is 24.0 Å². The summed E-state index contributed by atoms with van der Waals surface area (Å²) in [6, 6.07) is 0. The van der Waals surface area contributed by atoms with Crippen LogP contribution in [-0.4, -0.2) is 112 Å². The van der Waals surface area contributed by atoms with Crippen LogP contribution in [0, 0.1) is 0 Å². The number of carboxylic acid groups (broad SMARTS) is 1. The number of likely N-dealkylation sites (tertiary alicyclic amines) is 1. The lowest BCUT2D eigenvalue weighted by molar-refractivity contribution is -0.159. The fourth-order valence-corrected chi connectivity index (χ4v) is 5.55. The summed E-state index contributed by atoms with van der Waals surface area (Å²) in [5.74, 6) is 0.926. The Morgan fingerprint density at radius 1 is 1.00 bits per heavy atom. The van der Waals surface area contributed by atoms with Crippen molar-refractivity contribution in [3.63, 3.8) is 0 Å². The topological polar surface area (TPSA) is 109 Å². The molecule has 0 spiro atoms. The SMILES string of the molecule is CCn1c(CN2CCC(C(=O)O)(N3CCOCC3)CC2)nc2c(N3CCOCC3)nc(Cl)nc21. The highest BCUT2D eigenvalue weighted by Gasteiger charge is 2.46. The van der Waals surface area contributed by atoms with Crippen LogP contribution in [0.25, 0.3) is 11.2 Å². The number of aliphatic carboxylic acids is 1. The fourth-order valence-electron chi connectivity index (χ4n) is 5.39. The van der Waals surface area contributed by atoms with Crippen molar-refractivity contribution in [1.29, 1.82) is 0 Å². The molecule has 2 aromatic heterocycles. The van der Waals surface area contributed by atoms with Crippen LogP contribution in [0.4, 0.5) is 5.82 Å². The summed E-state index contributed by atoms with van der Waals surface area (Å²) in [6.45, 7) is 10.1. The van der Waals surface area contributed by atoms with Crippen molar-refractivity contribution >= 4 is 34.6 Å². The van der Waals surface area contributed by atoms with Gasteiger partial charge in [0.05, 0.1) is 33.0 Å². The molecule has 0 amide bonds. The van der Waals surface area contributed by atoms with Gasteiger partial charge in [0.25, 0.3) is 0 Å². The zero-order valence-corrected chi connectivity index (χ0v) is 20.3. The molecule has 0 saturated carbocycles. The lowest BCUT2D eigenvalue weighted by atomic mass is 9.85. The number of rotatable bonds is 6. The lowest BCUT2D eigenvalue weighted by Gasteiger charge is -2.47. The molecule has 0 bridgehead atoms. The zero-order valence-electron chi connectivity index (χ0n) is 19.6. The highest BCUT2D eigenvalue weighted by Crippen LogP contribution is 2.32. The van der Waals surface area contributed by atoms with E-state index in [1.807, 2.05) is 0 Å². The molecule has 3 aliphatic rings. The monoisotopic (exact) mass is 493 g/mol. The second-order valence-corrected chi connectivity index (χ2v) is 9.41. The third-order valence-electron chi connectivity index (χ3n) is 7.32. The Hall–Kier alpha value is -2.05. The standard InChI is InChI=1S/C22H32ClN7O4/c1-2-30-16(24-17-18(25-21(23)26-19(17)30)28-7-11-33-12-8-28)15-27-5-3-22(4-6-27,20(31)32)29-9-13-34-14-10-29/h2-15H2,1H3,(H,31,32). The predicted molar refractivity (Wildman–Crippen MR) is 126 cm³/mol. The van der Waals surface area contributed by atoms with Crippen molar-refractivity contribution in [2.24, 2.45) is 0 Å². The number of hydrogen-bond donors (Lipinski definition) is 1. The number of anilines is 1. The lowest BCUT2D eigenvalue weighted by Crippen LogP contribution is -2.62. The average molecular weight is 494 g/mol. The van der Waals surface area contributed by atoms with E-state index in [2.05, 4.69) is 36.2 Å². The quantitative estimate of drug-likeness (QED) is 0.587. The summed E-state index contributed by atoms with van der Waals surface area (Å²) in [5, 5.41) is 10.3. The van der Waals surface area contributed by atoms with Crippen LogP contribution in [0.3, 0.4) is 0 Å². The Balaban J connectivity index is 1.37. The number of carboxylic acids is 1. The van der Waals surface area contributed by atoms with E-state index in [9.17, 15) is 9.90 Å². The summed E-state index contributed by atoms with van der Waals surface area (Å²) in [7, 11) is 0. The molecule has 0 atom stereocenters. The van der Waals surface area contributed by atoms with Crippen LogP contribution in [0.15, 0.2) is 0 Å². The molecule has 3 fully saturated rings. The molecule has 0 radical (unpaired) electrons. The van der Waals surface area contributed by atoms with Crippen LogP contribution >= 0.6 is 11.6 Å². The van der Waals surface area contributed by atoms with E-state index in [4.69, 9.17) is 26.1 Å². The zero-order chi connectivity index (χ0) is 23.7. The van der Waals surface area contributed by atoms with Gasteiger partial charge >= 0.3 is 5.97 Å². The minimum absolute atomic E-state index is 0.213. The Morgan fingerprint density at radius 2 is 1.65 bits per heavy atom. The molecule has 3 saturated heterocycles. The van der Waals surface area contributed by atoms with Gasteiger partial charge in [-0.2, -0.15) is 9.97 Å². The smallest absolute Gasteiger partial charge is 0.324 e. The first-order chi connectivity index (χ1) is 16.5. The molecule has 11 nitrogen and oxygen atoms in total. The fraction of sp³-hybridized carbons (Fsp3) is 0.727. The molecule has 5 heterocycles. The van der Waals surface area contributed by atoms with E-state index >= 15 is 0 Å². The first kappa shape index (κ1) is 23.7. The van der Waals surface area contributed by atoms with Crippen LogP contribution < -0.4 is 4.90 Å². The van der Waals surface area contributed by atoms with Crippen molar-refractivity contribution < 1.29 is 19.4 Å². The molecule has 0 aromatic carbocycles. The number of aryl methyl sites for hydroxylation is 1. The minimum atomic E-state index is -0.812. The molecule has 0 unspecified atom stereocenters. The number of imidazole rings is 1. The molecular formula is C22H32ClN7O4. The molecule has 186 valence electrons. The molecular weight excluding hydrogens is 462 g/mol. The maximum atomic E-state index is 12.3. The van der Waals surface area contributed by atoms with Gasteiger partial charge in [-0.05, 0) is 31.4 Å². The molecule has 2 aromatic rings. The van der Waals surface area contributed by atoms with E-state index in [-0.39, 0.29) is 5.28 Å². The Bertz CT molecular complexity index is 1030. The number of hydrogen-bond acceptors (Lipinski definition) is 9. The van der Waals surface area contributed by atoms with Gasteiger partial charge in [-0.1, -0.05) is 0 Å². The van der Waals surface area contributed by atoms with Crippen molar-refractivity contribution in [1.82, 2.24) is 29.3 Å². The predicted octanol–water partition coefficient (Wildman–Crippen LogP) is 1.09. The minimum Gasteiger partial charge on any atom is -0.480 e. The number of morpholine rings is 2. The van der Waals surface area contributed by atoms with Crippen molar-refractivity contribution in [3.8, 4) is 0 Å². The molecule has 0 aliphatic carbocycles. The van der Waals surface area contributed by atoms with Crippen LogP contribution in [0.2, 0.25) is 5.28 Å². The van der Waals surface area contributed by atoms with E-state index < -0.39 is 11.5 Å². The second-order valence-electron chi connectivity index (χ2n) is 9.07. The van der Waals surface area contributed by atoms with Gasteiger partial charge in [0, 0.05) is 45.8 Å². The third-order valence-corrected chi connectivity index (χ3v) is 7.49. The van der Waals surface area contributed by atoms with Gasteiger partial charge in [-0.15, -0.1) is 0 Å². The summed E-state index contributed by atoms with van der Waals surface area (Å²) in [5.41, 5.74) is 0.686. The van der Waals surface area contributed by atoms with E-state index in [1.165, 1.54) is 0 Å². The van der Waals surface area contributed by atoms with E-state index in [0.717, 1.165) is 35.9 Å².